The average Bonchev–Trinajstić information content (AvgIpc) is 3.21. The van der Waals surface area contributed by atoms with Crippen LogP contribution in [0.15, 0.2) is 72.4 Å². The molecule has 0 saturated heterocycles. The molecule has 1 aromatic heterocycles. The Hall–Kier alpha value is -3.91. The van der Waals surface area contributed by atoms with Crippen molar-refractivity contribution in [2.75, 3.05) is 10.6 Å². The SMILES string of the molecule is Cc1ccc(NC2=CC(=O)C(c3nnc(NC(=O)c4ccccc4)s3)=CC2=O)cc1. The van der Waals surface area contributed by atoms with Gasteiger partial charge in [-0.2, -0.15) is 0 Å². The second-order valence-corrected chi connectivity index (χ2v) is 7.55. The van der Waals surface area contributed by atoms with E-state index in [1.807, 2.05) is 37.3 Å². The molecule has 1 aliphatic carbocycles. The molecular formula is C22H16N4O3S. The Labute approximate surface area is 176 Å². The van der Waals surface area contributed by atoms with Crippen LogP contribution in [-0.4, -0.2) is 27.7 Å². The molecule has 148 valence electrons. The van der Waals surface area contributed by atoms with Crippen LogP contribution in [0.5, 0.6) is 0 Å². The Bertz CT molecular complexity index is 1190. The zero-order valence-corrected chi connectivity index (χ0v) is 16.7. The number of anilines is 2. The highest BCUT2D eigenvalue weighted by Gasteiger charge is 2.24. The normalized spacial score (nSPS) is 13.5. The lowest BCUT2D eigenvalue weighted by Crippen LogP contribution is -2.17. The minimum Gasteiger partial charge on any atom is -0.352 e. The number of carbonyl (C=O) groups is 3. The molecule has 0 atom stereocenters. The van der Waals surface area contributed by atoms with Gasteiger partial charge in [0, 0.05) is 23.4 Å². The largest absolute Gasteiger partial charge is 0.352 e. The van der Waals surface area contributed by atoms with Crippen LogP contribution in [0.2, 0.25) is 0 Å². The molecule has 3 aromatic rings. The van der Waals surface area contributed by atoms with Gasteiger partial charge in [-0.05, 0) is 31.2 Å². The van der Waals surface area contributed by atoms with E-state index in [1.165, 1.54) is 12.2 Å². The molecule has 1 amide bonds. The van der Waals surface area contributed by atoms with E-state index in [-0.39, 0.29) is 38.9 Å². The lowest BCUT2D eigenvalue weighted by Gasteiger charge is -2.13. The van der Waals surface area contributed by atoms with E-state index in [1.54, 1.807) is 24.3 Å². The molecule has 4 rings (SSSR count). The third-order valence-corrected chi connectivity index (χ3v) is 5.20. The quantitative estimate of drug-likeness (QED) is 0.616. The molecule has 2 aromatic carbocycles. The van der Waals surface area contributed by atoms with Crippen molar-refractivity contribution in [2.24, 2.45) is 0 Å². The molecular weight excluding hydrogens is 400 g/mol. The Kier molecular flexibility index (Phi) is 5.32. The Morgan fingerprint density at radius 1 is 0.900 bits per heavy atom. The summed E-state index contributed by atoms with van der Waals surface area (Å²) in [4.78, 5) is 37.3. The zero-order valence-electron chi connectivity index (χ0n) is 15.9. The molecule has 1 heterocycles. The molecule has 0 radical (unpaired) electrons. The number of rotatable bonds is 5. The first kappa shape index (κ1) is 19.4. The van der Waals surface area contributed by atoms with Gasteiger partial charge in [-0.3, -0.25) is 19.7 Å². The molecule has 0 fully saturated rings. The number of benzene rings is 2. The molecule has 0 unspecified atom stereocenters. The van der Waals surface area contributed by atoms with Crippen LogP contribution in [0.25, 0.3) is 5.57 Å². The highest BCUT2D eigenvalue weighted by atomic mass is 32.1. The van der Waals surface area contributed by atoms with Gasteiger partial charge in [-0.1, -0.05) is 47.2 Å². The maximum atomic E-state index is 12.6. The van der Waals surface area contributed by atoms with E-state index >= 15 is 0 Å². The Morgan fingerprint density at radius 3 is 2.37 bits per heavy atom. The summed E-state index contributed by atoms with van der Waals surface area (Å²) in [5.41, 5.74) is 2.62. The summed E-state index contributed by atoms with van der Waals surface area (Å²) in [5, 5.41) is 14.0. The molecule has 0 bridgehead atoms. The van der Waals surface area contributed by atoms with Gasteiger partial charge in [0.25, 0.3) is 5.91 Å². The first-order chi connectivity index (χ1) is 14.5. The molecule has 2 N–H and O–H groups in total. The van der Waals surface area contributed by atoms with Crippen LogP contribution >= 0.6 is 11.3 Å². The summed E-state index contributed by atoms with van der Waals surface area (Å²) in [7, 11) is 0. The lowest BCUT2D eigenvalue weighted by atomic mass is 10.0. The number of aromatic nitrogens is 2. The summed E-state index contributed by atoms with van der Waals surface area (Å²) in [6.07, 6.45) is 2.49. The third-order valence-electron chi connectivity index (χ3n) is 4.32. The van der Waals surface area contributed by atoms with Crippen molar-refractivity contribution >= 4 is 45.2 Å². The van der Waals surface area contributed by atoms with Gasteiger partial charge < -0.3 is 5.32 Å². The van der Waals surface area contributed by atoms with Crippen molar-refractivity contribution in [2.45, 2.75) is 6.92 Å². The molecule has 0 saturated carbocycles. The van der Waals surface area contributed by atoms with Gasteiger partial charge in [0.1, 0.15) is 0 Å². The minimum atomic E-state index is -0.360. The van der Waals surface area contributed by atoms with Crippen molar-refractivity contribution in [3.63, 3.8) is 0 Å². The summed E-state index contributed by atoms with van der Waals surface area (Å²) in [5.74, 6) is -1.03. The minimum absolute atomic E-state index is 0.146. The fraction of sp³-hybridized carbons (Fsp3) is 0.0455. The van der Waals surface area contributed by atoms with Crippen LogP contribution in [0, 0.1) is 6.92 Å². The predicted molar refractivity (Wildman–Crippen MR) is 115 cm³/mol. The van der Waals surface area contributed by atoms with Gasteiger partial charge in [0.2, 0.25) is 10.9 Å². The van der Waals surface area contributed by atoms with Crippen molar-refractivity contribution < 1.29 is 14.4 Å². The van der Waals surface area contributed by atoms with E-state index in [2.05, 4.69) is 20.8 Å². The number of nitrogens with one attached hydrogen (secondary N) is 2. The Balaban J connectivity index is 1.48. The number of hydrogen-bond acceptors (Lipinski definition) is 7. The summed E-state index contributed by atoms with van der Waals surface area (Å²) < 4.78 is 0. The number of hydrogen-bond donors (Lipinski definition) is 2. The van der Waals surface area contributed by atoms with Crippen LogP contribution < -0.4 is 10.6 Å². The molecule has 7 nitrogen and oxygen atoms in total. The first-order valence-corrected chi connectivity index (χ1v) is 9.87. The van der Waals surface area contributed by atoms with Crippen LogP contribution in [0.3, 0.4) is 0 Å². The summed E-state index contributed by atoms with van der Waals surface area (Å²) in [6.45, 7) is 1.96. The van der Waals surface area contributed by atoms with Crippen molar-refractivity contribution in [3.8, 4) is 0 Å². The van der Waals surface area contributed by atoms with Crippen LogP contribution in [0.4, 0.5) is 10.8 Å². The number of nitrogens with zero attached hydrogens (tertiary/aromatic N) is 2. The number of ketones is 2. The molecule has 0 spiro atoms. The summed E-state index contributed by atoms with van der Waals surface area (Å²) in [6, 6.07) is 16.2. The predicted octanol–water partition coefficient (Wildman–Crippen LogP) is 3.63. The fourth-order valence-corrected chi connectivity index (χ4v) is 3.52. The van der Waals surface area contributed by atoms with E-state index in [4.69, 9.17) is 0 Å². The molecule has 8 heteroatoms. The van der Waals surface area contributed by atoms with Crippen LogP contribution in [-0.2, 0) is 9.59 Å². The number of amides is 1. The third kappa shape index (κ3) is 4.23. The van der Waals surface area contributed by atoms with Crippen molar-refractivity contribution in [1.82, 2.24) is 10.2 Å². The van der Waals surface area contributed by atoms with Gasteiger partial charge in [0.15, 0.2) is 10.8 Å². The maximum absolute atomic E-state index is 12.6. The lowest BCUT2D eigenvalue weighted by molar-refractivity contribution is -0.113. The molecule has 1 aliphatic rings. The number of aryl methyl sites for hydroxylation is 1. The van der Waals surface area contributed by atoms with E-state index in [0.717, 1.165) is 16.9 Å². The second-order valence-electron chi connectivity index (χ2n) is 6.57. The van der Waals surface area contributed by atoms with E-state index in [0.29, 0.717) is 11.3 Å². The standard InChI is InChI=1S/C22H16N4O3S/c1-13-7-9-15(10-8-13)23-17-12-18(27)16(11-19(17)28)21-25-26-22(30-21)24-20(29)14-5-3-2-4-6-14/h2-12,23H,1H3,(H,24,26,29). The Morgan fingerprint density at radius 2 is 1.63 bits per heavy atom. The van der Waals surface area contributed by atoms with E-state index in [9.17, 15) is 14.4 Å². The van der Waals surface area contributed by atoms with Crippen molar-refractivity contribution in [1.29, 1.82) is 0 Å². The highest BCUT2D eigenvalue weighted by molar-refractivity contribution is 7.16. The summed E-state index contributed by atoms with van der Waals surface area (Å²) >= 11 is 1.03. The average molecular weight is 416 g/mol. The van der Waals surface area contributed by atoms with Gasteiger partial charge in [-0.15, -0.1) is 10.2 Å². The van der Waals surface area contributed by atoms with Gasteiger partial charge in [-0.25, -0.2) is 0 Å². The smallest absolute Gasteiger partial charge is 0.257 e. The topological polar surface area (TPSA) is 101 Å². The molecule has 0 aliphatic heterocycles. The van der Waals surface area contributed by atoms with E-state index < -0.39 is 0 Å². The van der Waals surface area contributed by atoms with Gasteiger partial charge in [0.05, 0.1) is 11.3 Å². The monoisotopic (exact) mass is 416 g/mol. The van der Waals surface area contributed by atoms with Gasteiger partial charge >= 0.3 is 0 Å². The first-order valence-electron chi connectivity index (χ1n) is 9.05. The molecule has 30 heavy (non-hydrogen) atoms. The second kappa shape index (κ2) is 8.22. The maximum Gasteiger partial charge on any atom is 0.257 e. The number of allylic oxidation sites excluding steroid dienone is 3. The van der Waals surface area contributed by atoms with Crippen molar-refractivity contribution in [3.05, 3.63) is 88.6 Å². The highest BCUT2D eigenvalue weighted by Crippen LogP contribution is 2.27. The zero-order chi connectivity index (χ0) is 21.1. The number of carbonyl (C=O) groups excluding carboxylic acids is 3. The fourth-order valence-electron chi connectivity index (χ4n) is 2.76. The van der Waals surface area contributed by atoms with Crippen LogP contribution in [0.1, 0.15) is 20.9 Å².